The molecule has 5 aliphatic rings. The molecule has 13 heavy (non-hydrogen) atoms. The molecule has 8 unspecified atom stereocenters. The van der Waals surface area contributed by atoms with E-state index in [2.05, 4.69) is 0 Å². The third-order valence-corrected chi connectivity index (χ3v) is 6.34. The van der Waals surface area contributed by atoms with Crippen LogP contribution >= 0.6 is 0 Å². The zero-order valence-corrected chi connectivity index (χ0v) is 7.65. The van der Waals surface area contributed by atoms with Crippen molar-refractivity contribution in [3.8, 4) is 0 Å². The van der Waals surface area contributed by atoms with Gasteiger partial charge in [-0.1, -0.05) is 0 Å². The van der Waals surface area contributed by atoms with E-state index in [0.29, 0.717) is 11.7 Å². The zero-order valence-electron chi connectivity index (χ0n) is 7.65. The number of carbonyl (C=O) groups excluding carboxylic acids is 1. The minimum absolute atomic E-state index is 0.565. The monoisotopic (exact) mass is 174 g/mol. The number of hydrogen-bond donors (Lipinski definition) is 0. The Labute approximate surface area is 77.9 Å². The van der Waals surface area contributed by atoms with Gasteiger partial charge in [0.05, 0.1) is 0 Å². The van der Waals surface area contributed by atoms with Crippen molar-refractivity contribution in [1.29, 1.82) is 0 Å². The van der Waals surface area contributed by atoms with E-state index in [9.17, 15) is 4.79 Å². The molecule has 5 saturated carbocycles. The molecule has 0 radical (unpaired) electrons. The van der Waals surface area contributed by atoms with Gasteiger partial charge in [0.1, 0.15) is 5.78 Å². The van der Waals surface area contributed by atoms with Gasteiger partial charge in [0.25, 0.3) is 0 Å². The molecular weight excluding hydrogens is 160 g/mol. The van der Waals surface area contributed by atoms with Gasteiger partial charge < -0.3 is 0 Å². The lowest BCUT2D eigenvalue weighted by Gasteiger charge is -2.54. The van der Waals surface area contributed by atoms with E-state index in [1.54, 1.807) is 0 Å². The Kier molecular flexibility index (Phi) is 0.721. The summed E-state index contributed by atoms with van der Waals surface area (Å²) < 4.78 is 0. The van der Waals surface area contributed by atoms with Crippen molar-refractivity contribution in [2.45, 2.75) is 19.3 Å². The first-order chi connectivity index (χ1) is 6.36. The highest BCUT2D eigenvalue weighted by molar-refractivity contribution is 5.84. The second-order valence-corrected chi connectivity index (χ2v) is 6.14. The fourth-order valence-corrected chi connectivity index (χ4v) is 6.36. The predicted molar refractivity (Wildman–Crippen MR) is 46.8 cm³/mol. The smallest absolute Gasteiger partial charge is 0.136 e. The molecule has 0 N–H and O–H groups in total. The van der Waals surface area contributed by atoms with E-state index in [1.165, 1.54) is 12.8 Å². The molecule has 1 heteroatoms. The van der Waals surface area contributed by atoms with Crippen LogP contribution in [0.25, 0.3) is 0 Å². The standard InChI is InChI=1S/C12H14O/c13-9-3-7-5-1-4-6-2-8(10(4)9)12(7)11(5)6/h4-8,10-12H,1-3H2. The first-order valence-electron chi connectivity index (χ1n) is 5.89. The lowest BCUT2D eigenvalue weighted by Crippen LogP contribution is -2.53. The molecule has 2 bridgehead atoms. The maximum atomic E-state index is 11.9. The summed E-state index contributed by atoms with van der Waals surface area (Å²) in [4.78, 5) is 11.9. The molecule has 0 aromatic carbocycles. The molecule has 0 heterocycles. The van der Waals surface area contributed by atoms with E-state index < -0.39 is 0 Å². The van der Waals surface area contributed by atoms with Crippen molar-refractivity contribution in [3.05, 3.63) is 0 Å². The van der Waals surface area contributed by atoms with Crippen LogP contribution in [0.5, 0.6) is 0 Å². The Morgan fingerprint density at radius 2 is 1.54 bits per heavy atom. The second kappa shape index (κ2) is 1.51. The average Bonchev–Trinajstić information content (AvgIpc) is 2.57. The van der Waals surface area contributed by atoms with E-state index in [1.807, 2.05) is 0 Å². The number of Topliss-reactive ketones (excluding diaryl/α,β-unsaturated/α-hetero) is 1. The van der Waals surface area contributed by atoms with Gasteiger partial charge in [-0.05, 0) is 54.3 Å². The number of ketones is 1. The molecular formula is C12H14O. The molecule has 0 saturated heterocycles. The molecule has 5 rings (SSSR count). The first kappa shape index (κ1) is 6.21. The van der Waals surface area contributed by atoms with Gasteiger partial charge in [0.2, 0.25) is 0 Å². The van der Waals surface area contributed by atoms with Crippen molar-refractivity contribution in [2.75, 3.05) is 0 Å². The van der Waals surface area contributed by atoms with Crippen molar-refractivity contribution in [2.24, 2.45) is 47.3 Å². The van der Waals surface area contributed by atoms with Crippen LogP contribution in [0.4, 0.5) is 0 Å². The number of hydrogen-bond acceptors (Lipinski definition) is 1. The largest absolute Gasteiger partial charge is 0.299 e. The molecule has 0 amide bonds. The van der Waals surface area contributed by atoms with Gasteiger partial charge in [-0.15, -0.1) is 0 Å². The predicted octanol–water partition coefficient (Wildman–Crippen LogP) is 1.72. The summed E-state index contributed by atoms with van der Waals surface area (Å²) in [5.41, 5.74) is 0. The van der Waals surface area contributed by atoms with Crippen molar-refractivity contribution < 1.29 is 4.79 Å². The highest BCUT2D eigenvalue weighted by Gasteiger charge is 2.76. The highest BCUT2D eigenvalue weighted by atomic mass is 16.1. The highest BCUT2D eigenvalue weighted by Crippen LogP contribution is 2.79. The van der Waals surface area contributed by atoms with Gasteiger partial charge in [-0.25, -0.2) is 0 Å². The van der Waals surface area contributed by atoms with Crippen LogP contribution in [0.15, 0.2) is 0 Å². The first-order valence-corrected chi connectivity index (χ1v) is 5.89. The van der Waals surface area contributed by atoms with Crippen molar-refractivity contribution in [3.63, 3.8) is 0 Å². The van der Waals surface area contributed by atoms with Gasteiger partial charge in [-0.2, -0.15) is 0 Å². The molecule has 1 nitrogen and oxygen atoms in total. The Morgan fingerprint density at radius 3 is 2.46 bits per heavy atom. The van der Waals surface area contributed by atoms with Crippen LogP contribution in [-0.4, -0.2) is 5.78 Å². The van der Waals surface area contributed by atoms with Gasteiger partial charge in [0, 0.05) is 12.3 Å². The van der Waals surface area contributed by atoms with Crippen LogP contribution in [0.3, 0.4) is 0 Å². The van der Waals surface area contributed by atoms with E-state index in [4.69, 9.17) is 0 Å². The Bertz CT molecular complexity index is 332. The van der Waals surface area contributed by atoms with Gasteiger partial charge >= 0.3 is 0 Å². The quantitative estimate of drug-likeness (QED) is 0.546. The summed E-state index contributed by atoms with van der Waals surface area (Å²) in [6.45, 7) is 0. The minimum Gasteiger partial charge on any atom is -0.299 e. The van der Waals surface area contributed by atoms with Crippen LogP contribution in [0, 0.1) is 47.3 Å². The molecule has 5 aliphatic carbocycles. The summed E-state index contributed by atoms with van der Waals surface area (Å²) >= 11 is 0. The number of fused-ring (bicyclic) bond motifs is 2. The second-order valence-electron chi connectivity index (χ2n) is 6.14. The van der Waals surface area contributed by atoms with Crippen molar-refractivity contribution >= 4 is 5.78 Å². The SMILES string of the molecule is O=C1CC2C3CC4C5CC(C14)C2C53. The maximum absolute atomic E-state index is 11.9. The molecule has 0 spiro atoms. The fraction of sp³-hybridized carbons (Fsp3) is 0.917. The van der Waals surface area contributed by atoms with E-state index in [-0.39, 0.29) is 0 Å². The molecule has 68 valence electrons. The molecule has 0 aromatic heterocycles. The normalized spacial score (nSPS) is 74.9. The van der Waals surface area contributed by atoms with E-state index in [0.717, 1.165) is 47.8 Å². The molecule has 0 aliphatic heterocycles. The summed E-state index contributed by atoms with van der Waals surface area (Å²) in [7, 11) is 0. The Hall–Kier alpha value is -0.330. The van der Waals surface area contributed by atoms with Crippen LogP contribution in [0.2, 0.25) is 0 Å². The topological polar surface area (TPSA) is 17.1 Å². The Balaban J connectivity index is 1.82. The lowest BCUT2D eigenvalue weighted by molar-refractivity contribution is -0.143. The van der Waals surface area contributed by atoms with Crippen LogP contribution in [-0.2, 0) is 4.79 Å². The zero-order chi connectivity index (χ0) is 8.32. The lowest BCUT2D eigenvalue weighted by atomic mass is 9.50. The minimum atomic E-state index is 0.565. The van der Waals surface area contributed by atoms with E-state index >= 15 is 0 Å². The maximum Gasteiger partial charge on any atom is 0.136 e. The van der Waals surface area contributed by atoms with Crippen LogP contribution in [0.1, 0.15) is 19.3 Å². The molecule has 8 atom stereocenters. The summed E-state index contributed by atoms with van der Waals surface area (Å²) in [6.07, 6.45) is 3.88. The average molecular weight is 174 g/mol. The third kappa shape index (κ3) is 0.409. The summed E-state index contributed by atoms with van der Waals surface area (Å²) in [5.74, 6) is 8.04. The number of carbonyl (C=O) groups is 1. The molecule has 0 aromatic rings. The fourth-order valence-electron chi connectivity index (χ4n) is 6.36. The van der Waals surface area contributed by atoms with Gasteiger partial charge in [-0.3, -0.25) is 4.79 Å². The van der Waals surface area contributed by atoms with Crippen LogP contribution < -0.4 is 0 Å². The summed E-state index contributed by atoms with van der Waals surface area (Å²) in [6, 6.07) is 0. The Morgan fingerprint density at radius 1 is 0.846 bits per heavy atom. The summed E-state index contributed by atoms with van der Waals surface area (Å²) in [5, 5.41) is 0. The van der Waals surface area contributed by atoms with Gasteiger partial charge in [0.15, 0.2) is 0 Å². The molecule has 5 fully saturated rings. The number of rotatable bonds is 0. The van der Waals surface area contributed by atoms with Crippen molar-refractivity contribution in [1.82, 2.24) is 0 Å². The third-order valence-electron chi connectivity index (χ3n) is 6.34.